The summed E-state index contributed by atoms with van der Waals surface area (Å²) in [5, 5.41) is 24.9. The van der Waals surface area contributed by atoms with Crippen LogP contribution in [0.2, 0.25) is 0 Å². The van der Waals surface area contributed by atoms with Gasteiger partial charge in [0.1, 0.15) is 11.7 Å². The number of nitrogens with one attached hydrogen (secondary N) is 2. The fourth-order valence-electron chi connectivity index (χ4n) is 2.34. The smallest absolute Gasteiger partial charge is 0.326 e. The average molecular weight is 433 g/mol. The number of nitrogens with zero attached hydrogens (tertiary/aromatic N) is 1. The molecule has 0 saturated carbocycles. The van der Waals surface area contributed by atoms with Crippen LogP contribution in [-0.4, -0.2) is 45.9 Å². The number of carboxylic acids is 1. The number of aliphatic carboxylic acids is 1. The Balaban J connectivity index is 2.29. The number of amides is 2. The Hall–Kier alpha value is -3.60. The average Bonchev–Trinajstić information content (AvgIpc) is 3.25. The third kappa shape index (κ3) is 6.48. The fourth-order valence-corrected chi connectivity index (χ4v) is 2.81. The highest BCUT2D eigenvalue weighted by atomic mass is 32.2. The van der Waals surface area contributed by atoms with Crippen LogP contribution >= 0.6 is 11.8 Å². The van der Waals surface area contributed by atoms with E-state index in [-0.39, 0.29) is 23.6 Å². The Morgan fingerprint density at radius 3 is 2.50 bits per heavy atom. The zero-order valence-corrected chi connectivity index (χ0v) is 16.7. The van der Waals surface area contributed by atoms with Crippen LogP contribution < -0.4 is 10.6 Å². The first-order valence-electron chi connectivity index (χ1n) is 8.65. The lowest BCUT2D eigenvalue weighted by molar-refractivity contribution is -0.384. The van der Waals surface area contributed by atoms with Crippen molar-refractivity contribution in [3.8, 4) is 0 Å². The summed E-state index contributed by atoms with van der Waals surface area (Å²) in [7, 11) is 0. The van der Waals surface area contributed by atoms with Gasteiger partial charge < -0.3 is 20.2 Å². The van der Waals surface area contributed by atoms with Crippen molar-refractivity contribution >= 4 is 41.3 Å². The molecule has 10 nitrogen and oxygen atoms in total. The van der Waals surface area contributed by atoms with Gasteiger partial charge in [-0.15, -0.1) is 0 Å². The van der Waals surface area contributed by atoms with Gasteiger partial charge in [0.25, 0.3) is 17.5 Å². The predicted octanol–water partition coefficient (Wildman–Crippen LogP) is 2.28. The number of non-ortho nitro benzene ring substituents is 1. The highest BCUT2D eigenvalue weighted by Crippen LogP contribution is 2.15. The summed E-state index contributed by atoms with van der Waals surface area (Å²) < 4.78 is 5.00. The Bertz CT molecular complexity index is 940. The lowest BCUT2D eigenvalue weighted by Gasteiger charge is -2.16. The Morgan fingerprint density at radius 2 is 1.97 bits per heavy atom. The quantitative estimate of drug-likeness (QED) is 0.293. The molecule has 1 atom stereocenters. The van der Waals surface area contributed by atoms with E-state index in [0.29, 0.717) is 11.3 Å². The molecule has 1 heterocycles. The molecule has 0 aliphatic rings. The monoisotopic (exact) mass is 433 g/mol. The van der Waals surface area contributed by atoms with Crippen LogP contribution in [0, 0.1) is 10.1 Å². The topological polar surface area (TPSA) is 152 Å². The van der Waals surface area contributed by atoms with Gasteiger partial charge in [-0.2, -0.15) is 11.8 Å². The molecule has 0 unspecified atom stereocenters. The summed E-state index contributed by atoms with van der Waals surface area (Å²) in [5.41, 5.74) is 0.0166. The molecule has 30 heavy (non-hydrogen) atoms. The Morgan fingerprint density at radius 1 is 1.27 bits per heavy atom. The number of nitro benzene ring substituents is 1. The van der Waals surface area contributed by atoms with Gasteiger partial charge in [-0.3, -0.25) is 19.7 Å². The summed E-state index contributed by atoms with van der Waals surface area (Å²) in [4.78, 5) is 46.7. The molecule has 0 saturated heterocycles. The van der Waals surface area contributed by atoms with E-state index in [0.717, 1.165) is 0 Å². The van der Waals surface area contributed by atoms with Crippen LogP contribution in [-0.2, 0) is 9.59 Å². The second-order valence-corrected chi connectivity index (χ2v) is 6.97. The van der Waals surface area contributed by atoms with Crippen molar-refractivity contribution in [1.82, 2.24) is 10.6 Å². The number of thioether (sulfide) groups is 1. The molecule has 158 valence electrons. The van der Waals surface area contributed by atoms with Gasteiger partial charge in [0.05, 0.1) is 11.2 Å². The van der Waals surface area contributed by atoms with Gasteiger partial charge in [-0.05, 0) is 54.3 Å². The first-order chi connectivity index (χ1) is 14.3. The number of benzene rings is 1. The molecule has 0 aliphatic carbocycles. The lowest BCUT2D eigenvalue weighted by Crippen LogP contribution is -2.44. The number of hydrogen-bond donors (Lipinski definition) is 3. The van der Waals surface area contributed by atoms with Crippen molar-refractivity contribution in [3.05, 3.63) is 69.8 Å². The van der Waals surface area contributed by atoms with E-state index in [2.05, 4.69) is 10.6 Å². The molecule has 11 heteroatoms. The summed E-state index contributed by atoms with van der Waals surface area (Å²) in [6.45, 7) is 0. The number of carbonyl (C=O) groups is 3. The molecule has 0 fully saturated rings. The van der Waals surface area contributed by atoms with Gasteiger partial charge in [0.2, 0.25) is 0 Å². The molecular formula is C19H19N3O7S. The molecule has 2 amide bonds. The van der Waals surface area contributed by atoms with Gasteiger partial charge in [-0.25, -0.2) is 4.79 Å². The van der Waals surface area contributed by atoms with Crippen molar-refractivity contribution in [2.24, 2.45) is 0 Å². The highest BCUT2D eigenvalue weighted by molar-refractivity contribution is 7.98. The number of furan rings is 1. The van der Waals surface area contributed by atoms with Crippen molar-refractivity contribution < 1.29 is 28.8 Å². The van der Waals surface area contributed by atoms with Gasteiger partial charge >= 0.3 is 5.97 Å². The van der Waals surface area contributed by atoms with Crippen LogP contribution in [0.5, 0.6) is 0 Å². The van der Waals surface area contributed by atoms with E-state index >= 15 is 0 Å². The molecular weight excluding hydrogens is 414 g/mol. The van der Waals surface area contributed by atoms with Crippen LogP contribution in [0.3, 0.4) is 0 Å². The van der Waals surface area contributed by atoms with Gasteiger partial charge in [0.15, 0.2) is 5.76 Å². The van der Waals surface area contributed by atoms with Crippen LogP contribution in [0.4, 0.5) is 5.69 Å². The Labute approximate surface area is 175 Å². The maximum atomic E-state index is 12.7. The second kappa shape index (κ2) is 10.8. The third-order valence-corrected chi connectivity index (χ3v) is 4.51. The standard InChI is InChI=1S/C19H19N3O7S/c1-30-10-8-14(19(25)26)20-17(23)15(21-18(24)16-3-2-9-29-16)11-12-4-6-13(7-5-12)22(27)28/h2-7,9,11,14H,8,10H2,1H3,(H,20,23)(H,21,24)(H,25,26)/b15-11-/t14-/m1/s1. The first kappa shape index (κ1) is 22.7. The molecule has 0 aliphatic heterocycles. The zero-order chi connectivity index (χ0) is 22.1. The van der Waals surface area contributed by atoms with Crippen molar-refractivity contribution in [2.75, 3.05) is 12.0 Å². The normalized spacial score (nSPS) is 12.1. The molecule has 0 radical (unpaired) electrons. The van der Waals surface area contributed by atoms with E-state index in [1.54, 1.807) is 0 Å². The van der Waals surface area contributed by atoms with E-state index in [1.165, 1.54) is 60.5 Å². The van der Waals surface area contributed by atoms with Gasteiger partial charge in [0, 0.05) is 12.1 Å². The Kier molecular flexibility index (Phi) is 8.18. The maximum Gasteiger partial charge on any atom is 0.326 e. The predicted molar refractivity (Wildman–Crippen MR) is 110 cm³/mol. The molecule has 2 aromatic rings. The summed E-state index contributed by atoms with van der Waals surface area (Å²) in [6.07, 6.45) is 4.58. The van der Waals surface area contributed by atoms with Crippen molar-refractivity contribution in [1.29, 1.82) is 0 Å². The second-order valence-electron chi connectivity index (χ2n) is 5.98. The zero-order valence-electron chi connectivity index (χ0n) is 15.9. The maximum absolute atomic E-state index is 12.7. The van der Waals surface area contributed by atoms with Crippen LogP contribution in [0.15, 0.2) is 52.8 Å². The fraction of sp³-hybridized carbons (Fsp3) is 0.211. The van der Waals surface area contributed by atoms with E-state index in [1.807, 2.05) is 6.26 Å². The number of carboxylic acid groups (broad SMARTS) is 1. The van der Waals surface area contributed by atoms with Crippen LogP contribution in [0.1, 0.15) is 22.5 Å². The van der Waals surface area contributed by atoms with Crippen molar-refractivity contribution in [3.63, 3.8) is 0 Å². The number of nitro groups is 1. The van der Waals surface area contributed by atoms with Crippen LogP contribution in [0.25, 0.3) is 6.08 Å². The molecule has 2 rings (SSSR count). The first-order valence-corrected chi connectivity index (χ1v) is 10.0. The largest absolute Gasteiger partial charge is 0.480 e. The third-order valence-electron chi connectivity index (χ3n) is 3.87. The molecule has 3 N–H and O–H groups in total. The summed E-state index contributed by atoms with van der Waals surface area (Å²) in [5.74, 6) is -2.27. The summed E-state index contributed by atoms with van der Waals surface area (Å²) in [6, 6.07) is 7.03. The molecule has 1 aromatic heterocycles. The number of hydrogen-bond acceptors (Lipinski definition) is 7. The minimum absolute atomic E-state index is 0.0467. The highest BCUT2D eigenvalue weighted by Gasteiger charge is 2.23. The van der Waals surface area contributed by atoms with E-state index in [9.17, 15) is 29.6 Å². The van der Waals surface area contributed by atoms with Crippen molar-refractivity contribution in [2.45, 2.75) is 12.5 Å². The number of rotatable bonds is 10. The molecule has 0 spiro atoms. The molecule has 0 bridgehead atoms. The van der Waals surface area contributed by atoms with E-state index < -0.39 is 28.7 Å². The summed E-state index contributed by atoms with van der Waals surface area (Å²) >= 11 is 1.43. The molecule has 1 aromatic carbocycles. The van der Waals surface area contributed by atoms with E-state index in [4.69, 9.17) is 4.42 Å². The lowest BCUT2D eigenvalue weighted by atomic mass is 10.1. The minimum atomic E-state index is -1.20. The van der Waals surface area contributed by atoms with Gasteiger partial charge in [-0.1, -0.05) is 0 Å². The SMILES string of the molecule is CSCC[C@@H](NC(=O)/C(=C/c1ccc([N+](=O)[O-])cc1)NC(=O)c1ccco1)C(=O)O. The minimum Gasteiger partial charge on any atom is -0.480 e. The number of carbonyl (C=O) groups excluding carboxylic acids is 2.